The second kappa shape index (κ2) is 12.1. The summed E-state index contributed by atoms with van der Waals surface area (Å²) in [4.78, 5) is 11.8. The number of rotatable bonds is 13. The zero-order chi connectivity index (χ0) is 23.8. The summed E-state index contributed by atoms with van der Waals surface area (Å²) in [7, 11) is 1.70. The van der Waals surface area contributed by atoms with Crippen molar-refractivity contribution in [3.63, 3.8) is 0 Å². The summed E-state index contributed by atoms with van der Waals surface area (Å²) in [5, 5.41) is 1.82. The first-order chi connectivity index (χ1) is 16.7. The molecule has 34 heavy (non-hydrogen) atoms. The summed E-state index contributed by atoms with van der Waals surface area (Å²) in [5.41, 5.74) is 6.07. The van der Waals surface area contributed by atoms with Gasteiger partial charge in [-0.1, -0.05) is 69.9 Å². The molecule has 3 aromatic rings. The zero-order valence-corrected chi connectivity index (χ0v) is 21.2. The van der Waals surface area contributed by atoms with Crippen LogP contribution in [0.4, 0.5) is 0 Å². The second-order valence-corrected chi connectivity index (χ2v) is 9.60. The molecule has 1 aliphatic rings. The molecule has 180 valence electrons. The first kappa shape index (κ1) is 24.4. The second-order valence-electron chi connectivity index (χ2n) is 9.16. The molecule has 3 heterocycles. The van der Waals surface area contributed by atoms with Crippen LogP contribution >= 0.6 is 11.6 Å². The van der Waals surface area contributed by atoms with Gasteiger partial charge in [0.05, 0.1) is 29.9 Å². The molecule has 5 heteroatoms. The standard InChI is InChI=1S/C29H36ClN3O/c1-3-4-5-6-7-8-9-10-11-12-23-14-15-24(31-23)19-28-29(34-2)20-27(33-28)26-18-21-17-22(30)13-16-25(21)32-26/h13-20,32-33H,3-12H2,1-2H3/b24-19+. The van der Waals surface area contributed by atoms with Crippen LogP contribution in [0.15, 0.2) is 53.2 Å². The highest BCUT2D eigenvalue weighted by Crippen LogP contribution is 2.32. The average Bonchev–Trinajstić information content (AvgIpc) is 3.56. The molecule has 0 bridgehead atoms. The topological polar surface area (TPSA) is 53.2 Å². The van der Waals surface area contributed by atoms with E-state index < -0.39 is 0 Å². The number of nitrogens with zero attached hydrogens (tertiary/aromatic N) is 1. The number of aromatic amines is 2. The molecule has 4 nitrogen and oxygen atoms in total. The normalized spacial score (nSPS) is 14.4. The van der Waals surface area contributed by atoms with E-state index in [0.717, 1.165) is 50.9 Å². The van der Waals surface area contributed by atoms with E-state index in [1.54, 1.807) is 7.11 Å². The highest BCUT2D eigenvalue weighted by atomic mass is 35.5. The molecule has 0 unspecified atom stereocenters. The Morgan fingerprint density at radius 2 is 1.62 bits per heavy atom. The number of ether oxygens (including phenoxy) is 1. The van der Waals surface area contributed by atoms with Gasteiger partial charge in [0.2, 0.25) is 0 Å². The molecule has 4 rings (SSSR count). The first-order valence-corrected chi connectivity index (χ1v) is 13.1. The number of hydrogen-bond acceptors (Lipinski definition) is 2. The molecule has 1 aromatic carbocycles. The minimum atomic E-state index is 0.733. The van der Waals surface area contributed by atoms with Crippen molar-refractivity contribution in [3.05, 3.63) is 58.9 Å². The van der Waals surface area contributed by atoms with E-state index >= 15 is 0 Å². The predicted octanol–water partition coefficient (Wildman–Crippen LogP) is 9.10. The Labute approximate surface area is 208 Å². The van der Waals surface area contributed by atoms with Crippen LogP contribution in [-0.2, 0) is 0 Å². The summed E-state index contributed by atoms with van der Waals surface area (Å²) < 4.78 is 5.63. The molecular weight excluding hydrogens is 442 g/mol. The van der Waals surface area contributed by atoms with Crippen molar-refractivity contribution in [2.75, 3.05) is 7.11 Å². The third-order valence-electron chi connectivity index (χ3n) is 6.45. The fourth-order valence-electron chi connectivity index (χ4n) is 4.53. The van der Waals surface area contributed by atoms with Gasteiger partial charge in [0, 0.05) is 27.7 Å². The van der Waals surface area contributed by atoms with Crippen molar-refractivity contribution in [1.82, 2.24) is 9.97 Å². The van der Waals surface area contributed by atoms with Crippen LogP contribution in [0.2, 0.25) is 5.02 Å². The molecule has 0 amide bonds. The van der Waals surface area contributed by atoms with E-state index in [2.05, 4.69) is 41.2 Å². The van der Waals surface area contributed by atoms with Gasteiger partial charge in [0.15, 0.2) is 0 Å². The monoisotopic (exact) mass is 477 g/mol. The van der Waals surface area contributed by atoms with E-state index in [-0.39, 0.29) is 0 Å². The largest absolute Gasteiger partial charge is 0.494 e. The van der Waals surface area contributed by atoms with E-state index in [1.165, 1.54) is 63.5 Å². The van der Waals surface area contributed by atoms with Crippen molar-refractivity contribution in [2.45, 2.75) is 71.1 Å². The summed E-state index contributed by atoms with van der Waals surface area (Å²) in [6, 6.07) is 9.97. The number of allylic oxidation sites excluding steroid dienone is 2. The van der Waals surface area contributed by atoms with Crippen molar-refractivity contribution in [3.8, 4) is 17.1 Å². The highest BCUT2D eigenvalue weighted by Gasteiger charge is 2.13. The van der Waals surface area contributed by atoms with Gasteiger partial charge in [-0.2, -0.15) is 0 Å². The molecule has 0 saturated heterocycles. The fraction of sp³-hybridized carbons (Fsp3) is 0.414. The lowest BCUT2D eigenvalue weighted by Gasteiger charge is -2.02. The Kier molecular flexibility index (Phi) is 8.70. The zero-order valence-electron chi connectivity index (χ0n) is 20.4. The van der Waals surface area contributed by atoms with Crippen LogP contribution in [0.1, 0.15) is 76.8 Å². The van der Waals surface area contributed by atoms with Crippen molar-refractivity contribution in [2.24, 2.45) is 4.99 Å². The number of nitrogens with one attached hydrogen (secondary N) is 2. The number of hydrogen-bond donors (Lipinski definition) is 2. The molecule has 2 N–H and O–H groups in total. The van der Waals surface area contributed by atoms with Gasteiger partial charge in [-0.3, -0.25) is 4.99 Å². The molecule has 0 atom stereocenters. The van der Waals surface area contributed by atoms with Crippen LogP contribution in [0, 0.1) is 0 Å². The third kappa shape index (κ3) is 6.44. The van der Waals surface area contributed by atoms with E-state index in [4.69, 9.17) is 21.3 Å². The van der Waals surface area contributed by atoms with Crippen molar-refractivity contribution < 1.29 is 4.74 Å². The van der Waals surface area contributed by atoms with Gasteiger partial charge >= 0.3 is 0 Å². The Balaban J connectivity index is 1.33. The van der Waals surface area contributed by atoms with Crippen LogP contribution in [-0.4, -0.2) is 22.8 Å². The summed E-state index contributed by atoms with van der Waals surface area (Å²) in [6.07, 6.45) is 19.5. The van der Waals surface area contributed by atoms with Gasteiger partial charge in [-0.15, -0.1) is 0 Å². The van der Waals surface area contributed by atoms with Crippen LogP contribution < -0.4 is 4.74 Å². The number of methoxy groups -OCH3 is 1. The summed E-state index contributed by atoms with van der Waals surface area (Å²) >= 11 is 6.14. The highest BCUT2D eigenvalue weighted by molar-refractivity contribution is 6.31. The minimum Gasteiger partial charge on any atom is -0.494 e. The Bertz CT molecular complexity index is 1180. The average molecular weight is 478 g/mol. The van der Waals surface area contributed by atoms with Gasteiger partial charge in [0.25, 0.3) is 0 Å². The maximum Gasteiger partial charge on any atom is 0.144 e. The van der Waals surface area contributed by atoms with Crippen LogP contribution in [0.5, 0.6) is 5.75 Å². The van der Waals surface area contributed by atoms with E-state index in [9.17, 15) is 0 Å². The van der Waals surface area contributed by atoms with Crippen molar-refractivity contribution in [1.29, 1.82) is 0 Å². The summed E-state index contributed by atoms with van der Waals surface area (Å²) in [5.74, 6) is 0.801. The number of fused-ring (bicyclic) bond motifs is 1. The fourth-order valence-corrected chi connectivity index (χ4v) is 4.71. The number of unbranched alkanes of at least 4 members (excludes halogenated alkanes) is 8. The lowest BCUT2D eigenvalue weighted by molar-refractivity contribution is 0.414. The maximum atomic E-state index is 6.14. The molecule has 0 spiro atoms. The Morgan fingerprint density at radius 3 is 2.38 bits per heavy atom. The molecular formula is C29H36ClN3O. The third-order valence-corrected chi connectivity index (χ3v) is 6.69. The smallest absolute Gasteiger partial charge is 0.144 e. The van der Waals surface area contributed by atoms with Gasteiger partial charge in [-0.25, -0.2) is 0 Å². The summed E-state index contributed by atoms with van der Waals surface area (Å²) in [6.45, 7) is 2.27. The molecule has 1 aliphatic heterocycles. The van der Waals surface area contributed by atoms with Crippen LogP contribution in [0.25, 0.3) is 28.4 Å². The number of H-pyrrole nitrogens is 2. The van der Waals surface area contributed by atoms with Crippen molar-refractivity contribution >= 4 is 34.3 Å². The van der Waals surface area contributed by atoms with E-state index in [0.29, 0.717) is 0 Å². The minimum absolute atomic E-state index is 0.733. The van der Waals surface area contributed by atoms with Gasteiger partial charge in [-0.05, 0) is 55.3 Å². The lowest BCUT2D eigenvalue weighted by Crippen LogP contribution is -1.90. The predicted molar refractivity (Wildman–Crippen MR) is 146 cm³/mol. The Hall–Kier alpha value is -2.72. The lowest BCUT2D eigenvalue weighted by atomic mass is 10.1. The number of halogens is 1. The Morgan fingerprint density at radius 1 is 0.882 bits per heavy atom. The SMILES string of the molecule is CCCCCCCCCCCC1=N/C(=C/c2[nH]c(-c3cc4cc(Cl)ccc4[nH]3)cc2OC)C=C1. The number of aliphatic imine (C=N–C) groups is 1. The molecule has 2 aromatic heterocycles. The van der Waals surface area contributed by atoms with Gasteiger partial charge in [0.1, 0.15) is 5.75 Å². The molecule has 0 aliphatic carbocycles. The quantitative estimate of drug-likeness (QED) is 0.237. The maximum absolute atomic E-state index is 6.14. The van der Waals surface area contributed by atoms with Gasteiger partial charge < -0.3 is 14.7 Å². The first-order valence-electron chi connectivity index (χ1n) is 12.7. The molecule has 0 saturated carbocycles. The molecule has 0 fully saturated rings. The van der Waals surface area contributed by atoms with E-state index in [1.807, 2.05) is 24.3 Å². The number of benzene rings is 1. The number of aromatic nitrogens is 2. The van der Waals surface area contributed by atoms with Crippen LogP contribution in [0.3, 0.4) is 0 Å². The molecule has 0 radical (unpaired) electrons.